The molecular weight excluding hydrogens is 389 g/mol. The lowest BCUT2D eigenvalue weighted by Crippen LogP contribution is -2.33. The maximum atomic E-state index is 13.1. The van der Waals surface area contributed by atoms with Crippen LogP contribution in [0.25, 0.3) is 0 Å². The van der Waals surface area contributed by atoms with Crippen LogP contribution in [-0.2, 0) is 0 Å². The van der Waals surface area contributed by atoms with Crippen LogP contribution in [0.1, 0.15) is 38.5 Å². The van der Waals surface area contributed by atoms with E-state index < -0.39 is 5.82 Å². The molecule has 2 amide bonds. The number of halogens is 1. The molecule has 1 N–H and O–H groups in total. The van der Waals surface area contributed by atoms with Crippen molar-refractivity contribution in [3.8, 4) is 0 Å². The van der Waals surface area contributed by atoms with E-state index in [9.17, 15) is 14.0 Å². The molecule has 9 heteroatoms. The fourth-order valence-electron chi connectivity index (χ4n) is 3.57. The van der Waals surface area contributed by atoms with Crippen LogP contribution in [0.2, 0.25) is 0 Å². The number of benzene rings is 1. The van der Waals surface area contributed by atoms with E-state index in [-0.39, 0.29) is 29.3 Å². The van der Waals surface area contributed by atoms with Crippen LogP contribution in [0, 0.1) is 18.7 Å². The highest BCUT2D eigenvalue weighted by Gasteiger charge is 2.39. The van der Waals surface area contributed by atoms with Crippen LogP contribution in [0.3, 0.4) is 0 Å². The molecule has 2 aromatic heterocycles. The first kappa shape index (κ1) is 19.7. The predicted octanol–water partition coefficient (Wildman–Crippen LogP) is 2.20. The Morgan fingerprint density at radius 2 is 1.97 bits per heavy atom. The van der Waals surface area contributed by atoms with Gasteiger partial charge in [-0.3, -0.25) is 9.59 Å². The van der Waals surface area contributed by atoms with Crippen LogP contribution in [0.15, 0.2) is 53.1 Å². The molecule has 1 aromatic carbocycles. The number of likely N-dealkylation sites (tertiary alicyclic amines) is 1. The number of amides is 2. The standard InChI is InChI=1S/C21H20FN5O3/c1-13-25-26-20(30-13)17-12-27(21(29)18-8-7-16(22)10-23-18)11-15(17)9-24-19(28)14-5-3-2-4-6-14/h2-8,10,15,17H,9,11-12H2,1H3,(H,24,28)/t15-,17-/m0/s1. The molecule has 0 radical (unpaired) electrons. The summed E-state index contributed by atoms with van der Waals surface area (Å²) in [4.78, 5) is 30.8. The van der Waals surface area contributed by atoms with E-state index in [1.54, 1.807) is 36.1 Å². The molecule has 1 aliphatic rings. The molecule has 0 bridgehead atoms. The van der Waals surface area contributed by atoms with Gasteiger partial charge in [-0.25, -0.2) is 9.37 Å². The Morgan fingerprint density at radius 1 is 1.17 bits per heavy atom. The average Bonchev–Trinajstić information content (AvgIpc) is 3.39. The minimum Gasteiger partial charge on any atom is -0.425 e. The second-order valence-corrected chi connectivity index (χ2v) is 7.17. The van der Waals surface area contributed by atoms with Crippen molar-refractivity contribution in [2.24, 2.45) is 5.92 Å². The summed E-state index contributed by atoms with van der Waals surface area (Å²) in [6.45, 7) is 2.74. The Hall–Kier alpha value is -3.62. The summed E-state index contributed by atoms with van der Waals surface area (Å²) in [5.41, 5.74) is 0.718. The van der Waals surface area contributed by atoms with E-state index in [1.807, 2.05) is 6.07 Å². The Bertz CT molecular complexity index is 1040. The highest BCUT2D eigenvalue weighted by molar-refractivity contribution is 5.94. The molecule has 2 atom stereocenters. The Balaban J connectivity index is 1.50. The van der Waals surface area contributed by atoms with Gasteiger partial charge in [-0.1, -0.05) is 18.2 Å². The fourth-order valence-corrected chi connectivity index (χ4v) is 3.57. The summed E-state index contributed by atoms with van der Waals surface area (Å²) in [7, 11) is 0. The molecule has 8 nitrogen and oxygen atoms in total. The molecule has 30 heavy (non-hydrogen) atoms. The predicted molar refractivity (Wildman–Crippen MR) is 104 cm³/mol. The number of rotatable bonds is 5. The van der Waals surface area contributed by atoms with Gasteiger partial charge < -0.3 is 14.6 Å². The quantitative estimate of drug-likeness (QED) is 0.693. The lowest BCUT2D eigenvalue weighted by atomic mass is 9.96. The lowest BCUT2D eigenvalue weighted by Gasteiger charge is -2.16. The first-order valence-electron chi connectivity index (χ1n) is 9.55. The maximum absolute atomic E-state index is 13.1. The van der Waals surface area contributed by atoms with E-state index in [0.29, 0.717) is 37.0 Å². The van der Waals surface area contributed by atoms with Crippen LogP contribution in [-0.4, -0.2) is 51.5 Å². The monoisotopic (exact) mass is 409 g/mol. The molecule has 4 rings (SSSR count). The van der Waals surface area contributed by atoms with E-state index in [0.717, 1.165) is 6.20 Å². The number of aryl methyl sites for hydroxylation is 1. The van der Waals surface area contributed by atoms with Gasteiger partial charge in [-0.15, -0.1) is 10.2 Å². The van der Waals surface area contributed by atoms with Crippen LogP contribution >= 0.6 is 0 Å². The number of nitrogens with zero attached hydrogens (tertiary/aromatic N) is 4. The summed E-state index contributed by atoms with van der Waals surface area (Å²) in [5.74, 6) is -0.507. The third kappa shape index (κ3) is 4.19. The van der Waals surface area contributed by atoms with Crippen LogP contribution in [0.5, 0.6) is 0 Å². The molecular formula is C21H20FN5O3. The maximum Gasteiger partial charge on any atom is 0.272 e. The number of carbonyl (C=O) groups excluding carboxylic acids is 2. The average molecular weight is 409 g/mol. The molecule has 0 spiro atoms. The lowest BCUT2D eigenvalue weighted by molar-refractivity contribution is 0.0779. The highest BCUT2D eigenvalue weighted by Crippen LogP contribution is 2.32. The van der Waals surface area contributed by atoms with Crippen molar-refractivity contribution in [1.29, 1.82) is 0 Å². The number of hydrogen-bond acceptors (Lipinski definition) is 6. The van der Waals surface area contributed by atoms with Gasteiger partial charge in [0.15, 0.2) is 0 Å². The first-order valence-corrected chi connectivity index (χ1v) is 9.55. The van der Waals surface area contributed by atoms with Crippen molar-refractivity contribution < 1.29 is 18.4 Å². The van der Waals surface area contributed by atoms with Gasteiger partial charge in [0, 0.05) is 38.0 Å². The molecule has 3 aromatic rings. The molecule has 1 fully saturated rings. The first-order chi connectivity index (χ1) is 14.5. The molecule has 0 unspecified atom stereocenters. The van der Waals surface area contributed by atoms with Crippen molar-refractivity contribution in [2.75, 3.05) is 19.6 Å². The van der Waals surface area contributed by atoms with Gasteiger partial charge in [0.25, 0.3) is 11.8 Å². The van der Waals surface area contributed by atoms with Crippen molar-refractivity contribution in [3.05, 3.63) is 77.5 Å². The number of nitrogens with one attached hydrogen (secondary N) is 1. The van der Waals surface area contributed by atoms with Gasteiger partial charge in [0.05, 0.1) is 12.1 Å². The number of aromatic nitrogens is 3. The van der Waals surface area contributed by atoms with E-state index in [2.05, 4.69) is 20.5 Å². The summed E-state index contributed by atoms with van der Waals surface area (Å²) in [5, 5.41) is 10.9. The van der Waals surface area contributed by atoms with E-state index >= 15 is 0 Å². The van der Waals surface area contributed by atoms with Crippen molar-refractivity contribution in [1.82, 2.24) is 25.4 Å². The normalized spacial score (nSPS) is 18.4. The zero-order valence-corrected chi connectivity index (χ0v) is 16.3. The van der Waals surface area contributed by atoms with Crippen molar-refractivity contribution in [3.63, 3.8) is 0 Å². The third-order valence-electron chi connectivity index (χ3n) is 5.09. The van der Waals surface area contributed by atoms with Crippen molar-refractivity contribution in [2.45, 2.75) is 12.8 Å². The fraction of sp³-hybridized carbons (Fsp3) is 0.286. The van der Waals surface area contributed by atoms with Crippen LogP contribution < -0.4 is 5.32 Å². The minimum atomic E-state index is -0.506. The van der Waals surface area contributed by atoms with Gasteiger partial charge in [0.1, 0.15) is 11.5 Å². The Labute approximate surface area is 172 Å². The van der Waals surface area contributed by atoms with Gasteiger partial charge in [0.2, 0.25) is 11.8 Å². The zero-order valence-electron chi connectivity index (χ0n) is 16.3. The zero-order chi connectivity index (χ0) is 21.1. The Morgan fingerprint density at radius 3 is 2.63 bits per heavy atom. The summed E-state index contributed by atoms with van der Waals surface area (Å²) < 4.78 is 18.7. The third-order valence-corrected chi connectivity index (χ3v) is 5.09. The van der Waals surface area contributed by atoms with E-state index in [1.165, 1.54) is 12.1 Å². The van der Waals surface area contributed by atoms with Gasteiger partial charge in [-0.2, -0.15) is 0 Å². The number of hydrogen-bond donors (Lipinski definition) is 1. The molecule has 3 heterocycles. The summed E-state index contributed by atoms with van der Waals surface area (Å²) >= 11 is 0. The molecule has 0 aliphatic carbocycles. The highest BCUT2D eigenvalue weighted by atomic mass is 19.1. The van der Waals surface area contributed by atoms with Gasteiger partial charge in [-0.05, 0) is 24.3 Å². The van der Waals surface area contributed by atoms with Crippen molar-refractivity contribution >= 4 is 11.8 Å². The summed E-state index contributed by atoms with van der Waals surface area (Å²) in [6, 6.07) is 11.5. The van der Waals surface area contributed by atoms with Crippen LogP contribution in [0.4, 0.5) is 4.39 Å². The molecule has 154 valence electrons. The second kappa shape index (κ2) is 8.40. The largest absolute Gasteiger partial charge is 0.425 e. The summed E-state index contributed by atoms with van der Waals surface area (Å²) in [6.07, 6.45) is 1.01. The number of pyridine rings is 1. The number of carbonyl (C=O) groups is 2. The molecule has 1 aliphatic heterocycles. The smallest absolute Gasteiger partial charge is 0.272 e. The molecule has 1 saturated heterocycles. The van der Waals surface area contributed by atoms with E-state index in [4.69, 9.17) is 4.42 Å². The SMILES string of the molecule is Cc1nnc([C@H]2CN(C(=O)c3ccc(F)cn3)C[C@@H]2CNC(=O)c2ccccc2)o1. The van der Waals surface area contributed by atoms with Gasteiger partial charge >= 0.3 is 0 Å². The minimum absolute atomic E-state index is 0.123. The molecule has 0 saturated carbocycles. The second-order valence-electron chi connectivity index (χ2n) is 7.17. The topological polar surface area (TPSA) is 101 Å². The Kier molecular flexibility index (Phi) is 5.51.